The number of phenolic OH excluding ortho intramolecular Hbond substituents is 1. The van der Waals surface area contributed by atoms with E-state index >= 15 is 0 Å². The van der Waals surface area contributed by atoms with Gasteiger partial charge in [-0.1, -0.05) is 47.8 Å². The molecule has 0 bridgehead atoms. The Morgan fingerprint density at radius 3 is 1.77 bits per heavy atom. The number of phenols is 1. The molecule has 4 aromatic carbocycles. The number of para-hydroxylation sites is 4. The number of carbonyl (C=O) groups is 2. The lowest BCUT2D eigenvalue weighted by atomic mass is 10.2. The first-order valence-corrected chi connectivity index (χ1v) is 15.2. The van der Waals surface area contributed by atoms with Crippen LogP contribution in [0.3, 0.4) is 0 Å². The largest absolute Gasteiger partial charge is 0.507 e. The molecule has 0 spiro atoms. The molecule has 0 saturated heterocycles. The van der Waals surface area contributed by atoms with Crippen molar-refractivity contribution in [1.29, 1.82) is 0 Å². The van der Waals surface area contributed by atoms with Crippen LogP contribution in [0.4, 0.5) is 11.4 Å². The maximum Gasteiger partial charge on any atom is 0.257 e. The van der Waals surface area contributed by atoms with Crippen LogP contribution in [-0.4, -0.2) is 43.4 Å². The molecule has 0 unspecified atom stereocenters. The molecule has 44 heavy (non-hydrogen) atoms. The van der Waals surface area contributed by atoms with Crippen molar-refractivity contribution in [2.45, 2.75) is 10.4 Å². The minimum Gasteiger partial charge on any atom is -0.507 e. The van der Waals surface area contributed by atoms with Crippen molar-refractivity contribution in [3.63, 3.8) is 0 Å². The summed E-state index contributed by atoms with van der Waals surface area (Å²) >= 11 is 2.38. The lowest BCUT2D eigenvalue weighted by Crippen LogP contribution is -2.13. The lowest BCUT2D eigenvalue weighted by molar-refractivity contribution is -0.114. The van der Waals surface area contributed by atoms with E-state index in [0.717, 1.165) is 11.0 Å². The highest BCUT2D eigenvalue weighted by Gasteiger charge is 2.16. The smallest absolute Gasteiger partial charge is 0.257 e. The molecule has 0 fully saturated rings. The molecule has 3 heterocycles. The Balaban J connectivity index is 0.966. The molecule has 7 aromatic rings. The van der Waals surface area contributed by atoms with E-state index in [2.05, 4.69) is 25.6 Å². The highest BCUT2D eigenvalue weighted by molar-refractivity contribution is 8.00. The van der Waals surface area contributed by atoms with E-state index < -0.39 is 0 Å². The van der Waals surface area contributed by atoms with E-state index in [1.165, 1.54) is 29.6 Å². The fraction of sp³-hybridized carbons (Fsp3) is 0.0645. The number of thioether (sulfide) groups is 2. The zero-order valence-corrected chi connectivity index (χ0v) is 24.3. The zero-order chi connectivity index (χ0) is 30.0. The van der Waals surface area contributed by atoms with E-state index in [4.69, 9.17) is 13.3 Å². The van der Waals surface area contributed by atoms with Crippen molar-refractivity contribution >= 4 is 80.0 Å². The van der Waals surface area contributed by atoms with E-state index in [1.54, 1.807) is 30.3 Å². The second-order valence-corrected chi connectivity index (χ2v) is 11.4. The van der Waals surface area contributed by atoms with Gasteiger partial charge in [0.1, 0.15) is 22.3 Å². The minimum atomic E-state index is -0.284. The number of carbonyl (C=O) groups excluding carboxylic acids is 2. The minimum absolute atomic E-state index is 0.0782. The highest BCUT2D eigenvalue weighted by atomic mass is 32.2. The van der Waals surface area contributed by atoms with Crippen molar-refractivity contribution in [3.8, 4) is 17.2 Å². The summed E-state index contributed by atoms with van der Waals surface area (Å²) in [5.41, 5.74) is 5.06. The molecule has 11 nitrogen and oxygen atoms in total. The average molecular weight is 624 g/mol. The van der Waals surface area contributed by atoms with Gasteiger partial charge in [-0.2, -0.15) is 0 Å². The predicted octanol–water partition coefficient (Wildman–Crippen LogP) is 6.94. The van der Waals surface area contributed by atoms with Crippen LogP contribution in [0.25, 0.3) is 44.8 Å². The molecule has 0 saturated carbocycles. The summed E-state index contributed by atoms with van der Waals surface area (Å²) < 4.78 is 17.1. The molecule has 0 atom stereocenters. The Hall–Kier alpha value is -5.27. The van der Waals surface area contributed by atoms with Gasteiger partial charge in [-0.25, -0.2) is 15.0 Å². The number of nitrogens with one attached hydrogen (secondary N) is 2. The Morgan fingerprint density at radius 1 is 0.636 bits per heavy atom. The summed E-state index contributed by atoms with van der Waals surface area (Å²) in [6.45, 7) is 0. The second kappa shape index (κ2) is 11.8. The molecule has 3 aromatic heterocycles. The molecular formula is C31H21N5O6S2. The van der Waals surface area contributed by atoms with Gasteiger partial charge in [0.25, 0.3) is 10.4 Å². The SMILES string of the molecule is O=C(CSc1nc2ccccc2o1)Nc1ccc(-c2nc3cc(NC(=O)CSc4nc5ccccc5o4)ccc3o2)c(O)c1. The van der Waals surface area contributed by atoms with Crippen LogP contribution in [0.1, 0.15) is 0 Å². The number of oxazole rings is 3. The van der Waals surface area contributed by atoms with Crippen LogP contribution in [-0.2, 0) is 9.59 Å². The van der Waals surface area contributed by atoms with Crippen LogP contribution in [0, 0.1) is 0 Å². The molecular weight excluding hydrogens is 603 g/mol. The number of hydrogen-bond acceptors (Lipinski definition) is 11. The maximum absolute atomic E-state index is 12.5. The molecule has 7 rings (SSSR count). The number of anilines is 2. The summed E-state index contributed by atoms with van der Waals surface area (Å²) in [5.74, 6) is -0.255. The summed E-state index contributed by atoms with van der Waals surface area (Å²) in [7, 11) is 0. The Kier molecular flexibility index (Phi) is 7.38. The number of amides is 2. The van der Waals surface area contributed by atoms with Gasteiger partial charge in [0.05, 0.1) is 17.1 Å². The molecule has 0 aliphatic heterocycles. The number of fused-ring (bicyclic) bond motifs is 3. The fourth-order valence-electron chi connectivity index (χ4n) is 4.38. The number of nitrogens with zero attached hydrogens (tertiary/aromatic N) is 3. The van der Waals surface area contributed by atoms with Gasteiger partial charge in [0.15, 0.2) is 16.7 Å². The topological polar surface area (TPSA) is 157 Å². The third kappa shape index (κ3) is 5.96. The van der Waals surface area contributed by atoms with Gasteiger partial charge in [-0.15, -0.1) is 0 Å². The molecule has 0 aliphatic carbocycles. The van der Waals surface area contributed by atoms with E-state index in [-0.39, 0.29) is 35.0 Å². The molecule has 13 heteroatoms. The number of aromatic nitrogens is 3. The standard InChI is InChI=1S/C31H21N5O6S2/c37-23-14-18(33-28(39)16-44-31-36-21-6-2-4-8-25(21)42-31)9-11-19(23)29-34-22-13-17(10-12-26(22)40-29)32-27(38)15-43-30-35-20-5-1-3-7-24(20)41-30/h1-14,37H,15-16H2,(H,32,38)(H,33,39). The van der Waals surface area contributed by atoms with Crippen LogP contribution in [0.5, 0.6) is 5.75 Å². The Morgan fingerprint density at radius 2 is 1.18 bits per heavy atom. The molecule has 0 radical (unpaired) electrons. The van der Waals surface area contributed by atoms with E-state index in [1.807, 2.05) is 48.5 Å². The first-order valence-electron chi connectivity index (χ1n) is 13.3. The van der Waals surface area contributed by atoms with Crippen LogP contribution < -0.4 is 10.6 Å². The van der Waals surface area contributed by atoms with E-state index in [9.17, 15) is 14.7 Å². The van der Waals surface area contributed by atoms with Crippen LogP contribution >= 0.6 is 23.5 Å². The third-order valence-electron chi connectivity index (χ3n) is 6.39. The molecule has 2 amide bonds. The van der Waals surface area contributed by atoms with Gasteiger partial charge >= 0.3 is 0 Å². The number of benzene rings is 4. The first kappa shape index (κ1) is 27.6. The summed E-state index contributed by atoms with van der Waals surface area (Å²) in [4.78, 5) is 38.2. The van der Waals surface area contributed by atoms with Crippen molar-refractivity contribution in [2.75, 3.05) is 22.1 Å². The fourth-order valence-corrected chi connectivity index (χ4v) is 5.66. The van der Waals surface area contributed by atoms with Crippen LogP contribution in [0.15, 0.2) is 109 Å². The Labute approximate surface area is 257 Å². The van der Waals surface area contributed by atoms with Crippen LogP contribution in [0.2, 0.25) is 0 Å². The third-order valence-corrected chi connectivity index (χ3v) is 8.04. The van der Waals surface area contributed by atoms with Gasteiger partial charge < -0.3 is 29.0 Å². The number of aromatic hydroxyl groups is 1. The average Bonchev–Trinajstić information content (AvgIpc) is 3.75. The zero-order valence-electron chi connectivity index (χ0n) is 22.6. The van der Waals surface area contributed by atoms with E-state index in [0.29, 0.717) is 49.6 Å². The summed E-state index contributed by atoms with van der Waals surface area (Å²) in [6.07, 6.45) is 0. The first-order chi connectivity index (χ1) is 21.5. The quantitative estimate of drug-likeness (QED) is 0.143. The highest BCUT2D eigenvalue weighted by Crippen LogP contribution is 2.34. The van der Waals surface area contributed by atoms with Gasteiger partial charge in [-0.05, 0) is 54.6 Å². The second-order valence-electron chi connectivity index (χ2n) is 9.50. The maximum atomic E-state index is 12.5. The van der Waals surface area contributed by atoms with Crippen molar-refractivity contribution < 1.29 is 27.9 Å². The molecule has 0 aliphatic rings. The lowest BCUT2D eigenvalue weighted by Gasteiger charge is -2.06. The summed E-state index contributed by atoms with van der Waals surface area (Å²) in [6, 6.07) is 24.5. The van der Waals surface area contributed by atoms with Gasteiger partial charge in [0.2, 0.25) is 17.7 Å². The van der Waals surface area contributed by atoms with Crippen molar-refractivity contribution in [1.82, 2.24) is 15.0 Å². The summed E-state index contributed by atoms with van der Waals surface area (Å²) in [5, 5.41) is 17.1. The number of hydrogen-bond donors (Lipinski definition) is 3. The molecule has 3 N–H and O–H groups in total. The van der Waals surface area contributed by atoms with Crippen molar-refractivity contribution in [3.05, 3.63) is 84.9 Å². The normalized spacial score (nSPS) is 11.4. The van der Waals surface area contributed by atoms with Crippen molar-refractivity contribution in [2.24, 2.45) is 0 Å². The number of rotatable bonds is 9. The Bertz CT molecular complexity index is 2110. The van der Waals surface area contributed by atoms with Gasteiger partial charge in [0, 0.05) is 17.4 Å². The predicted molar refractivity (Wildman–Crippen MR) is 168 cm³/mol. The molecule has 218 valence electrons. The monoisotopic (exact) mass is 623 g/mol. The van der Waals surface area contributed by atoms with Gasteiger partial charge in [-0.3, -0.25) is 9.59 Å².